The summed E-state index contributed by atoms with van der Waals surface area (Å²) in [5, 5.41) is 16.2. The molecule has 3 N–H and O–H groups in total. The Morgan fingerprint density at radius 2 is 1.88 bits per heavy atom. The summed E-state index contributed by atoms with van der Waals surface area (Å²) in [4.78, 5) is 60.7. The molecule has 1 aromatic heterocycles. The Bertz CT molecular complexity index is 1340. The number of carbonyl (C=O) groups excluding carboxylic acids is 4. The highest BCUT2D eigenvalue weighted by atomic mass is 16.5. The van der Waals surface area contributed by atoms with Gasteiger partial charge in [0.15, 0.2) is 0 Å². The van der Waals surface area contributed by atoms with Gasteiger partial charge >= 0.3 is 5.97 Å². The summed E-state index contributed by atoms with van der Waals surface area (Å²) in [6.45, 7) is 5.94. The standard InChI is InChI=1S/C31H41N5O7/c1-31(2,3)29(35-26(38)8-6-5-7-9-28(40)42-4)30(41)36-16-20(37)14-25(36)34-27(39)13-19-10-11-21-22-15-32-18-33-23(22)17-43-24(21)12-19/h10-12,15,18,20,25,29,37H,5-9,13-14,16-17H2,1-4H3,(H,34,39)(H,35,38)/t20-,25+,29-/m1/s1. The fraction of sp³-hybridized carbons (Fsp3) is 0.548. The number of nitrogens with zero attached hydrogens (tertiary/aromatic N) is 3. The van der Waals surface area contributed by atoms with E-state index in [9.17, 15) is 24.3 Å². The number of aliphatic hydroxyl groups excluding tert-OH is 1. The first-order valence-corrected chi connectivity index (χ1v) is 14.7. The number of benzene rings is 1. The summed E-state index contributed by atoms with van der Waals surface area (Å²) in [7, 11) is 1.34. The monoisotopic (exact) mass is 595 g/mol. The topological polar surface area (TPSA) is 160 Å². The first kappa shape index (κ1) is 31.9. The van der Waals surface area contributed by atoms with Gasteiger partial charge in [-0.05, 0) is 29.9 Å². The first-order valence-electron chi connectivity index (χ1n) is 14.7. The Kier molecular flexibility index (Phi) is 10.3. The Hall–Kier alpha value is -4.06. The molecular formula is C31H41N5O7. The van der Waals surface area contributed by atoms with E-state index in [2.05, 4.69) is 25.3 Å². The zero-order chi connectivity index (χ0) is 31.1. The molecule has 232 valence electrons. The lowest BCUT2D eigenvalue weighted by atomic mass is 9.85. The van der Waals surface area contributed by atoms with E-state index in [1.165, 1.54) is 18.3 Å². The molecule has 4 rings (SSSR count). The van der Waals surface area contributed by atoms with Crippen molar-refractivity contribution in [2.45, 2.75) is 90.6 Å². The van der Waals surface area contributed by atoms with E-state index in [0.29, 0.717) is 38.0 Å². The fourth-order valence-corrected chi connectivity index (χ4v) is 5.36. The zero-order valence-electron chi connectivity index (χ0n) is 25.2. The molecule has 2 aliphatic rings. The summed E-state index contributed by atoms with van der Waals surface area (Å²) < 4.78 is 10.5. The fourth-order valence-electron chi connectivity index (χ4n) is 5.36. The number of β-amino-alcohol motifs (C(OH)–C–C–N with tert-alkyl or cyclic N) is 1. The third-order valence-corrected chi connectivity index (χ3v) is 7.68. The molecule has 3 amide bonds. The lowest BCUT2D eigenvalue weighted by Gasteiger charge is -2.35. The maximum atomic E-state index is 13.7. The molecule has 12 nitrogen and oxygen atoms in total. The summed E-state index contributed by atoms with van der Waals surface area (Å²) in [5.74, 6) is -0.574. The molecule has 0 spiro atoms. The number of aliphatic hydroxyl groups is 1. The number of esters is 1. The van der Waals surface area contributed by atoms with Gasteiger partial charge in [-0.1, -0.05) is 39.3 Å². The summed E-state index contributed by atoms with van der Waals surface area (Å²) in [6.07, 6.45) is 4.34. The Labute approximate surface area is 251 Å². The molecule has 0 saturated carbocycles. The third kappa shape index (κ3) is 8.28. The molecular weight excluding hydrogens is 554 g/mol. The minimum absolute atomic E-state index is 0.0495. The number of fused-ring (bicyclic) bond motifs is 3. The van der Waals surface area contributed by atoms with Gasteiger partial charge in [0.1, 0.15) is 30.9 Å². The Morgan fingerprint density at radius 3 is 2.63 bits per heavy atom. The predicted octanol–water partition coefficient (Wildman–Crippen LogP) is 2.27. The van der Waals surface area contributed by atoms with Crippen LogP contribution in [0.1, 0.15) is 70.6 Å². The molecule has 1 fully saturated rings. The van der Waals surface area contributed by atoms with E-state index < -0.39 is 23.7 Å². The van der Waals surface area contributed by atoms with E-state index in [1.807, 2.05) is 39.0 Å². The lowest BCUT2D eigenvalue weighted by molar-refractivity contribution is -0.142. The molecule has 0 radical (unpaired) electrons. The number of hydrogen-bond acceptors (Lipinski definition) is 9. The van der Waals surface area contributed by atoms with Crippen molar-refractivity contribution in [2.24, 2.45) is 5.41 Å². The van der Waals surface area contributed by atoms with E-state index in [-0.39, 0.29) is 49.5 Å². The Morgan fingerprint density at radius 1 is 1.12 bits per heavy atom. The highest BCUT2D eigenvalue weighted by Gasteiger charge is 2.42. The number of hydrogen-bond donors (Lipinski definition) is 3. The largest absolute Gasteiger partial charge is 0.487 e. The highest BCUT2D eigenvalue weighted by Crippen LogP contribution is 2.36. The van der Waals surface area contributed by atoms with Gasteiger partial charge in [0, 0.05) is 43.1 Å². The van der Waals surface area contributed by atoms with Crippen LogP contribution in [0, 0.1) is 5.41 Å². The van der Waals surface area contributed by atoms with Gasteiger partial charge in [0.2, 0.25) is 17.7 Å². The predicted molar refractivity (Wildman–Crippen MR) is 156 cm³/mol. The van der Waals surface area contributed by atoms with Crippen LogP contribution in [0.3, 0.4) is 0 Å². The van der Waals surface area contributed by atoms with Gasteiger partial charge in [0.25, 0.3) is 0 Å². The molecule has 12 heteroatoms. The average Bonchev–Trinajstić information content (AvgIpc) is 3.33. The van der Waals surface area contributed by atoms with Crippen molar-refractivity contribution in [3.63, 3.8) is 0 Å². The number of aromatic nitrogens is 2. The van der Waals surface area contributed by atoms with Gasteiger partial charge in [-0.3, -0.25) is 19.2 Å². The zero-order valence-corrected chi connectivity index (χ0v) is 25.2. The van der Waals surface area contributed by atoms with Crippen LogP contribution in [0.5, 0.6) is 5.75 Å². The molecule has 2 aliphatic heterocycles. The van der Waals surface area contributed by atoms with Crippen LogP contribution in [0.25, 0.3) is 11.1 Å². The quantitative estimate of drug-likeness (QED) is 0.262. The van der Waals surface area contributed by atoms with Crippen LogP contribution in [-0.4, -0.2) is 75.6 Å². The molecule has 0 bridgehead atoms. The first-order chi connectivity index (χ1) is 20.5. The van der Waals surface area contributed by atoms with Gasteiger partial charge in [-0.15, -0.1) is 0 Å². The van der Waals surface area contributed by atoms with Crippen molar-refractivity contribution in [2.75, 3.05) is 13.7 Å². The van der Waals surface area contributed by atoms with E-state index in [4.69, 9.17) is 4.74 Å². The second-order valence-corrected chi connectivity index (χ2v) is 12.1. The number of carbonyl (C=O) groups is 4. The number of nitrogens with one attached hydrogen (secondary N) is 2. The molecule has 1 saturated heterocycles. The maximum Gasteiger partial charge on any atom is 0.305 e. The number of ether oxygens (including phenoxy) is 2. The lowest BCUT2D eigenvalue weighted by Crippen LogP contribution is -2.58. The van der Waals surface area contributed by atoms with Crippen molar-refractivity contribution in [1.29, 1.82) is 0 Å². The smallest absolute Gasteiger partial charge is 0.305 e. The van der Waals surface area contributed by atoms with Crippen LogP contribution in [0.4, 0.5) is 0 Å². The number of amides is 3. The minimum Gasteiger partial charge on any atom is -0.487 e. The van der Waals surface area contributed by atoms with Gasteiger partial charge in [-0.2, -0.15) is 0 Å². The van der Waals surface area contributed by atoms with Gasteiger partial charge in [0.05, 0.1) is 25.3 Å². The molecule has 0 unspecified atom stereocenters. The van der Waals surface area contributed by atoms with E-state index in [1.54, 1.807) is 6.20 Å². The number of rotatable bonds is 11. The summed E-state index contributed by atoms with van der Waals surface area (Å²) in [6, 6.07) is 4.68. The second-order valence-electron chi connectivity index (χ2n) is 12.1. The summed E-state index contributed by atoms with van der Waals surface area (Å²) >= 11 is 0. The SMILES string of the molecule is COC(=O)CCCCCC(=O)N[C@H](C(=O)N1C[C@H](O)C[C@H]1NC(=O)Cc1ccc2c(c1)OCc1ncncc1-2)C(C)(C)C. The van der Waals surface area contributed by atoms with Crippen LogP contribution in [0.2, 0.25) is 0 Å². The number of methoxy groups -OCH3 is 1. The molecule has 1 aromatic carbocycles. The Balaban J connectivity index is 1.36. The van der Waals surface area contributed by atoms with Crippen LogP contribution < -0.4 is 15.4 Å². The molecule has 43 heavy (non-hydrogen) atoms. The minimum atomic E-state index is -0.857. The van der Waals surface area contributed by atoms with Crippen molar-refractivity contribution in [3.05, 3.63) is 42.0 Å². The second kappa shape index (κ2) is 13.9. The molecule has 3 heterocycles. The normalized spacial score (nSPS) is 18.1. The van der Waals surface area contributed by atoms with Crippen LogP contribution >= 0.6 is 0 Å². The number of unbranched alkanes of at least 4 members (excludes halogenated alkanes) is 2. The van der Waals surface area contributed by atoms with E-state index in [0.717, 1.165) is 22.4 Å². The van der Waals surface area contributed by atoms with Gasteiger partial charge in [-0.25, -0.2) is 9.97 Å². The van der Waals surface area contributed by atoms with Crippen molar-refractivity contribution >= 4 is 23.7 Å². The van der Waals surface area contributed by atoms with E-state index >= 15 is 0 Å². The molecule has 2 aromatic rings. The summed E-state index contributed by atoms with van der Waals surface area (Å²) in [5.41, 5.74) is 2.68. The van der Waals surface area contributed by atoms with Crippen molar-refractivity contribution in [1.82, 2.24) is 25.5 Å². The van der Waals surface area contributed by atoms with Crippen LogP contribution in [0.15, 0.2) is 30.7 Å². The molecule has 3 atom stereocenters. The third-order valence-electron chi connectivity index (χ3n) is 7.68. The highest BCUT2D eigenvalue weighted by molar-refractivity contribution is 5.89. The molecule has 0 aliphatic carbocycles. The number of likely N-dealkylation sites (tertiary alicyclic amines) is 1. The maximum absolute atomic E-state index is 13.7. The van der Waals surface area contributed by atoms with Crippen molar-refractivity contribution < 1.29 is 33.8 Å². The van der Waals surface area contributed by atoms with Crippen molar-refractivity contribution in [3.8, 4) is 16.9 Å². The van der Waals surface area contributed by atoms with Crippen LogP contribution in [-0.2, 0) is 36.9 Å². The van der Waals surface area contributed by atoms with Gasteiger partial charge < -0.3 is 30.1 Å². The average molecular weight is 596 g/mol.